The van der Waals surface area contributed by atoms with Gasteiger partial charge in [-0.3, -0.25) is 14.4 Å². The molecular weight excluding hydrogens is 416 g/mol. The number of rotatable bonds is 13. The van der Waals surface area contributed by atoms with Crippen molar-refractivity contribution >= 4 is 29.1 Å². The van der Waals surface area contributed by atoms with E-state index in [0.717, 1.165) is 31.4 Å². The van der Waals surface area contributed by atoms with Crippen molar-refractivity contribution < 1.29 is 14.4 Å². The third kappa shape index (κ3) is 8.60. The molecule has 3 amide bonds. The standard InChI is InChI=1S/C26H36N4O3/c1-4-7-15-27-25(32)20-11-13-22(14-12-20)28-19-24(31)29-23-10-8-9-21(18-23)26(33)30(16-5-2)17-6-3/h8-14,18,28H,4-7,15-17,19H2,1-3H3,(H,27,32)(H,29,31). The monoisotopic (exact) mass is 452 g/mol. The van der Waals surface area contributed by atoms with Gasteiger partial charge < -0.3 is 20.9 Å². The fourth-order valence-corrected chi connectivity index (χ4v) is 3.38. The van der Waals surface area contributed by atoms with Crippen LogP contribution in [-0.4, -0.2) is 48.8 Å². The van der Waals surface area contributed by atoms with Crippen molar-refractivity contribution in [3.8, 4) is 0 Å². The lowest BCUT2D eigenvalue weighted by Crippen LogP contribution is -2.32. The zero-order chi connectivity index (χ0) is 24.1. The van der Waals surface area contributed by atoms with E-state index >= 15 is 0 Å². The number of unbranched alkanes of at least 4 members (excludes halogenated alkanes) is 1. The van der Waals surface area contributed by atoms with Gasteiger partial charge in [0.1, 0.15) is 0 Å². The summed E-state index contributed by atoms with van der Waals surface area (Å²) in [6, 6.07) is 14.0. The van der Waals surface area contributed by atoms with Crippen LogP contribution >= 0.6 is 0 Å². The molecule has 0 spiro atoms. The van der Waals surface area contributed by atoms with Crippen LogP contribution in [0.5, 0.6) is 0 Å². The molecule has 0 saturated carbocycles. The highest BCUT2D eigenvalue weighted by Crippen LogP contribution is 2.14. The fourth-order valence-electron chi connectivity index (χ4n) is 3.38. The van der Waals surface area contributed by atoms with Gasteiger partial charge in [0.2, 0.25) is 5.91 Å². The molecule has 0 aromatic heterocycles. The maximum atomic E-state index is 12.8. The molecule has 0 fully saturated rings. The van der Waals surface area contributed by atoms with Gasteiger partial charge in [0, 0.05) is 42.1 Å². The van der Waals surface area contributed by atoms with E-state index in [2.05, 4.69) is 36.7 Å². The first kappa shape index (κ1) is 25.9. The second-order valence-electron chi connectivity index (χ2n) is 7.96. The number of anilines is 2. The SMILES string of the molecule is CCCCNC(=O)c1ccc(NCC(=O)Nc2cccc(C(=O)N(CCC)CCC)c2)cc1. The largest absolute Gasteiger partial charge is 0.376 e. The van der Waals surface area contributed by atoms with Gasteiger partial charge in [-0.25, -0.2) is 0 Å². The van der Waals surface area contributed by atoms with E-state index in [9.17, 15) is 14.4 Å². The third-order valence-corrected chi connectivity index (χ3v) is 5.08. The minimum Gasteiger partial charge on any atom is -0.376 e. The Labute approximate surface area is 196 Å². The van der Waals surface area contributed by atoms with Gasteiger partial charge in [0.15, 0.2) is 0 Å². The van der Waals surface area contributed by atoms with Crippen LogP contribution in [0.15, 0.2) is 48.5 Å². The van der Waals surface area contributed by atoms with Crippen molar-refractivity contribution in [2.75, 3.05) is 36.8 Å². The van der Waals surface area contributed by atoms with Crippen molar-refractivity contribution in [3.05, 3.63) is 59.7 Å². The molecule has 0 radical (unpaired) electrons. The quantitative estimate of drug-likeness (QED) is 0.390. The van der Waals surface area contributed by atoms with Crippen LogP contribution in [0.25, 0.3) is 0 Å². The second kappa shape index (κ2) is 13.9. The summed E-state index contributed by atoms with van der Waals surface area (Å²) in [6.45, 7) is 8.34. The van der Waals surface area contributed by atoms with E-state index in [1.165, 1.54) is 0 Å². The minimum absolute atomic E-state index is 0.0215. The number of benzene rings is 2. The summed E-state index contributed by atoms with van der Waals surface area (Å²) < 4.78 is 0. The number of amides is 3. The Morgan fingerprint density at radius 3 is 2.15 bits per heavy atom. The Hall–Kier alpha value is -3.35. The Morgan fingerprint density at radius 1 is 0.818 bits per heavy atom. The molecule has 0 aliphatic rings. The molecule has 0 aliphatic carbocycles. The highest BCUT2D eigenvalue weighted by Gasteiger charge is 2.15. The van der Waals surface area contributed by atoms with Gasteiger partial charge >= 0.3 is 0 Å². The number of nitrogens with one attached hydrogen (secondary N) is 3. The Balaban J connectivity index is 1.89. The van der Waals surface area contributed by atoms with Gasteiger partial charge in [-0.15, -0.1) is 0 Å². The molecule has 0 unspecified atom stereocenters. The van der Waals surface area contributed by atoms with Crippen LogP contribution in [0.1, 0.15) is 67.2 Å². The van der Waals surface area contributed by atoms with E-state index in [1.807, 2.05) is 4.90 Å². The summed E-state index contributed by atoms with van der Waals surface area (Å²) in [5, 5.41) is 8.77. The summed E-state index contributed by atoms with van der Waals surface area (Å²) in [4.78, 5) is 39.1. The highest BCUT2D eigenvalue weighted by atomic mass is 16.2. The van der Waals surface area contributed by atoms with E-state index in [-0.39, 0.29) is 24.3 Å². The van der Waals surface area contributed by atoms with E-state index in [0.29, 0.717) is 36.4 Å². The molecule has 178 valence electrons. The molecule has 7 nitrogen and oxygen atoms in total. The van der Waals surface area contributed by atoms with Gasteiger partial charge in [-0.1, -0.05) is 33.3 Å². The van der Waals surface area contributed by atoms with E-state index in [4.69, 9.17) is 0 Å². The van der Waals surface area contributed by atoms with Crippen LogP contribution in [0.3, 0.4) is 0 Å². The summed E-state index contributed by atoms with van der Waals surface area (Å²) >= 11 is 0. The summed E-state index contributed by atoms with van der Waals surface area (Å²) in [5.41, 5.74) is 2.48. The van der Waals surface area contributed by atoms with Crippen molar-refractivity contribution in [2.45, 2.75) is 46.5 Å². The van der Waals surface area contributed by atoms with Crippen LogP contribution in [0, 0.1) is 0 Å². The normalized spacial score (nSPS) is 10.4. The zero-order valence-corrected chi connectivity index (χ0v) is 19.9. The average Bonchev–Trinajstić information content (AvgIpc) is 2.82. The molecule has 2 aromatic carbocycles. The molecule has 2 rings (SSSR count). The fraction of sp³-hybridized carbons (Fsp3) is 0.423. The van der Waals surface area contributed by atoms with Crippen LogP contribution in [0.2, 0.25) is 0 Å². The first-order valence-corrected chi connectivity index (χ1v) is 11.8. The molecule has 0 saturated heterocycles. The molecule has 33 heavy (non-hydrogen) atoms. The molecule has 2 aromatic rings. The lowest BCUT2D eigenvalue weighted by Gasteiger charge is -2.21. The number of hydrogen-bond donors (Lipinski definition) is 3. The summed E-state index contributed by atoms with van der Waals surface area (Å²) in [5.74, 6) is -0.342. The molecule has 7 heteroatoms. The summed E-state index contributed by atoms with van der Waals surface area (Å²) in [6.07, 6.45) is 3.78. The molecular formula is C26H36N4O3. The number of carbonyl (C=O) groups excluding carboxylic acids is 3. The minimum atomic E-state index is -0.222. The molecule has 0 bridgehead atoms. The molecule has 0 heterocycles. The predicted molar refractivity (Wildman–Crippen MR) is 134 cm³/mol. The maximum Gasteiger partial charge on any atom is 0.253 e. The Morgan fingerprint density at radius 2 is 1.52 bits per heavy atom. The first-order chi connectivity index (χ1) is 16.0. The zero-order valence-electron chi connectivity index (χ0n) is 19.9. The van der Waals surface area contributed by atoms with E-state index in [1.54, 1.807) is 48.5 Å². The van der Waals surface area contributed by atoms with Crippen molar-refractivity contribution in [3.63, 3.8) is 0 Å². The van der Waals surface area contributed by atoms with Crippen molar-refractivity contribution in [1.82, 2.24) is 10.2 Å². The third-order valence-electron chi connectivity index (χ3n) is 5.08. The highest BCUT2D eigenvalue weighted by molar-refractivity contribution is 5.98. The first-order valence-electron chi connectivity index (χ1n) is 11.8. The van der Waals surface area contributed by atoms with E-state index < -0.39 is 0 Å². The Kier molecular flexibility index (Phi) is 10.9. The van der Waals surface area contributed by atoms with Crippen LogP contribution in [0.4, 0.5) is 11.4 Å². The second-order valence-corrected chi connectivity index (χ2v) is 7.96. The van der Waals surface area contributed by atoms with Crippen LogP contribution in [-0.2, 0) is 4.79 Å². The number of carbonyl (C=O) groups is 3. The molecule has 3 N–H and O–H groups in total. The Bertz CT molecular complexity index is 906. The van der Waals surface area contributed by atoms with Crippen molar-refractivity contribution in [2.24, 2.45) is 0 Å². The lowest BCUT2D eigenvalue weighted by molar-refractivity contribution is -0.114. The van der Waals surface area contributed by atoms with Gasteiger partial charge in [0.25, 0.3) is 11.8 Å². The summed E-state index contributed by atoms with van der Waals surface area (Å²) in [7, 11) is 0. The number of nitrogens with zero attached hydrogens (tertiary/aromatic N) is 1. The lowest BCUT2D eigenvalue weighted by atomic mass is 10.1. The van der Waals surface area contributed by atoms with Gasteiger partial charge in [0.05, 0.1) is 6.54 Å². The topological polar surface area (TPSA) is 90.5 Å². The van der Waals surface area contributed by atoms with Crippen molar-refractivity contribution in [1.29, 1.82) is 0 Å². The van der Waals surface area contributed by atoms with Gasteiger partial charge in [-0.2, -0.15) is 0 Å². The van der Waals surface area contributed by atoms with Gasteiger partial charge in [-0.05, 0) is 61.7 Å². The average molecular weight is 453 g/mol. The molecule has 0 aliphatic heterocycles. The van der Waals surface area contributed by atoms with Crippen LogP contribution < -0.4 is 16.0 Å². The maximum absolute atomic E-state index is 12.8. The smallest absolute Gasteiger partial charge is 0.253 e. The number of hydrogen-bond acceptors (Lipinski definition) is 4. The predicted octanol–water partition coefficient (Wildman–Crippen LogP) is 4.53. The molecule has 0 atom stereocenters.